The Bertz CT molecular complexity index is 1260. The number of thioether (sulfide) groups is 1. The van der Waals surface area contributed by atoms with Gasteiger partial charge in [0.15, 0.2) is 11.0 Å². The molecule has 0 saturated heterocycles. The number of aromatic nitrogens is 5. The van der Waals surface area contributed by atoms with Crippen LogP contribution in [0.5, 0.6) is 0 Å². The number of halogens is 1. The van der Waals surface area contributed by atoms with Crippen molar-refractivity contribution in [3.05, 3.63) is 27.2 Å². The van der Waals surface area contributed by atoms with Gasteiger partial charge in [-0.1, -0.05) is 37.2 Å². The van der Waals surface area contributed by atoms with Gasteiger partial charge in [0.1, 0.15) is 10.7 Å². The third-order valence-electron chi connectivity index (χ3n) is 5.56. The summed E-state index contributed by atoms with van der Waals surface area (Å²) >= 11 is 9.13. The zero-order valence-electron chi connectivity index (χ0n) is 21.1. The van der Waals surface area contributed by atoms with Crippen LogP contribution in [0.15, 0.2) is 11.4 Å². The van der Waals surface area contributed by atoms with Gasteiger partial charge in [-0.15, -0.1) is 21.5 Å². The molecule has 3 heterocycles. The third-order valence-corrected chi connectivity index (χ3v) is 8.01. The average Bonchev–Trinajstić information content (AvgIpc) is 3.45. The number of aryl methyl sites for hydroxylation is 2. The number of fused-ring (bicyclic) bond motifs is 1. The molecule has 36 heavy (non-hydrogen) atoms. The Kier molecular flexibility index (Phi) is 8.41. The molecule has 3 aromatic rings. The summed E-state index contributed by atoms with van der Waals surface area (Å²) in [4.78, 5) is 27.0. The molecule has 0 atom stereocenters. The Balaban J connectivity index is 1.52. The van der Waals surface area contributed by atoms with Crippen molar-refractivity contribution in [3.8, 4) is 11.5 Å². The molecule has 9 nitrogen and oxygen atoms in total. The number of carbonyl (C=O) groups excluding carboxylic acids is 2. The maximum atomic E-state index is 13.0. The molecule has 12 heteroatoms. The minimum absolute atomic E-state index is 0.118. The van der Waals surface area contributed by atoms with Crippen molar-refractivity contribution < 1.29 is 14.3 Å². The van der Waals surface area contributed by atoms with Gasteiger partial charge >= 0.3 is 5.97 Å². The second-order valence-corrected chi connectivity index (χ2v) is 12.0. The van der Waals surface area contributed by atoms with Crippen LogP contribution in [0, 0.1) is 5.92 Å². The lowest BCUT2D eigenvalue weighted by molar-refractivity contribution is -0.113. The second-order valence-electron chi connectivity index (χ2n) is 9.52. The molecule has 194 valence electrons. The summed E-state index contributed by atoms with van der Waals surface area (Å²) in [5.74, 6) is 0.423. The molecule has 1 aliphatic carbocycles. The van der Waals surface area contributed by atoms with Crippen molar-refractivity contribution in [2.75, 3.05) is 11.1 Å². The molecular weight excluding hydrogens is 520 g/mol. The van der Waals surface area contributed by atoms with Gasteiger partial charge < -0.3 is 14.6 Å². The van der Waals surface area contributed by atoms with E-state index in [0.717, 1.165) is 36.1 Å². The molecule has 1 aliphatic rings. The fraction of sp³-hybridized carbons (Fsp3) is 0.542. The van der Waals surface area contributed by atoms with E-state index in [0.29, 0.717) is 44.7 Å². The van der Waals surface area contributed by atoms with Crippen molar-refractivity contribution in [2.24, 2.45) is 13.0 Å². The summed E-state index contributed by atoms with van der Waals surface area (Å²) < 4.78 is 9.08. The van der Waals surface area contributed by atoms with E-state index in [1.165, 1.54) is 23.1 Å². The van der Waals surface area contributed by atoms with Crippen molar-refractivity contribution in [3.63, 3.8) is 0 Å². The Morgan fingerprint density at radius 1 is 1.22 bits per heavy atom. The maximum absolute atomic E-state index is 13.0. The summed E-state index contributed by atoms with van der Waals surface area (Å²) in [7, 11) is 1.80. The number of nitrogens with one attached hydrogen (secondary N) is 1. The van der Waals surface area contributed by atoms with Crippen LogP contribution in [0.1, 0.15) is 61.3 Å². The molecular formula is C24H31ClN6O3S2. The van der Waals surface area contributed by atoms with Gasteiger partial charge in [-0.05, 0) is 51.0 Å². The third kappa shape index (κ3) is 5.95. The maximum Gasteiger partial charge on any atom is 0.341 e. The standard InChI is InChI=1S/C24H31ClN6O3S2/c1-13(2)10-31-21(20-16(25)11-30(5)29-20)27-28-24(31)35-12-18(32)26-22-19(23(33)34-14(3)4)15-8-6-7-9-17(15)36-22/h11,13-14H,6-10,12H2,1-5H3,(H,26,32). The quantitative estimate of drug-likeness (QED) is 0.287. The topological polar surface area (TPSA) is 104 Å². The number of hydrogen-bond acceptors (Lipinski definition) is 8. The van der Waals surface area contributed by atoms with E-state index < -0.39 is 0 Å². The highest BCUT2D eigenvalue weighted by atomic mass is 35.5. The molecule has 1 N–H and O–H groups in total. The highest BCUT2D eigenvalue weighted by Crippen LogP contribution is 2.39. The lowest BCUT2D eigenvalue weighted by Crippen LogP contribution is -2.19. The summed E-state index contributed by atoms with van der Waals surface area (Å²) in [5.41, 5.74) is 2.09. The largest absolute Gasteiger partial charge is 0.459 e. The van der Waals surface area contributed by atoms with Gasteiger partial charge in [-0.3, -0.25) is 9.48 Å². The zero-order valence-corrected chi connectivity index (χ0v) is 23.5. The van der Waals surface area contributed by atoms with Crippen LogP contribution < -0.4 is 5.32 Å². The van der Waals surface area contributed by atoms with Gasteiger partial charge in [0, 0.05) is 24.7 Å². The Morgan fingerprint density at radius 3 is 2.64 bits per heavy atom. The van der Waals surface area contributed by atoms with Crippen LogP contribution in [0.3, 0.4) is 0 Å². The number of ether oxygens (including phenoxy) is 1. The minimum Gasteiger partial charge on any atom is -0.459 e. The number of carbonyl (C=O) groups is 2. The highest BCUT2D eigenvalue weighted by Gasteiger charge is 2.28. The first-order valence-corrected chi connectivity index (χ1v) is 14.2. The molecule has 0 spiro atoms. The number of esters is 1. The van der Waals surface area contributed by atoms with Crippen molar-refractivity contribution in [2.45, 2.75) is 71.2 Å². The summed E-state index contributed by atoms with van der Waals surface area (Å²) in [6.45, 7) is 8.50. The molecule has 0 aromatic carbocycles. The number of rotatable bonds is 9. The van der Waals surface area contributed by atoms with Gasteiger partial charge in [0.25, 0.3) is 0 Å². The smallest absolute Gasteiger partial charge is 0.341 e. The van der Waals surface area contributed by atoms with Crippen molar-refractivity contribution in [1.29, 1.82) is 0 Å². The highest BCUT2D eigenvalue weighted by molar-refractivity contribution is 7.99. The van der Waals surface area contributed by atoms with Gasteiger partial charge in [0.05, 0.1) is 22.4 Å². The number of nitrogens with zero attached hydrogens (tertiary/aromatic N) is 5. The Hall–Kier alpha value is -2.37. The molecule has 0 aliphatic heterocycles. The summed E-state index contributed by atoms with van der Waals surface area (Å²) in [6, 6.07) is 0. The normalized spacial score (nSPS) is 13.3. The predicted octanol–water partition coefficient (Wildman–Crippen LogP) is 5.22. The van der Waals surface area contributed by atoms with Crippen LogP contribution in [0.25, 0.3) is 11.5 Å². The lowest BCUT2D eigenvalue weighted by Gasteiger charge is -2.14. The predicted molar refractivity (Wildman–Crippen MR) is 143 cm³/mol. The number of thiophene rings is 1. The number of hydrogen-bond donors (Lipinski definition) is 1. The van der Waals surface area contributed by atoms with E-state index in [1.807, 2.05) is 18.4 Å². The first-order chi connectivity index (χ1) is 17.1. The van der Waals surface area contributed by atoms with E-state index >= 15 is 0 Å². The zero-order chi connectivity index (χ0) is 26.0. The van der Waals surface area contributed by atoms with Crippen molar-refractivity contribution >= 4 is 51.6 Å². The van der Waals surface area contributed by atoms with Crippen LogP contribution in [-0.4, -0.2) is 48.3 Å². The number of anilines is 1. The average molecular weight is 551 g/mol. The second kappa shape index (κ2) is 11.4. The molecule has 0 unspecified atom stereocenters. The molecule has 0 radical (unpaired) electrons. The van der Waals surface area contributed by atoms with E-state index in [2.05, 4.69) is 34.5 Å². The fourth-order valence-corrected chi connectivity index (χ4v) is 6.45. The fourth-order valence-electron chi connectivity index (χ4n) is 4.15. The van der Waals surface area contributed by atoms with E-state index in [-0.39, 0.29) is 23.7 Å². The summed E-state index contributed by atoms with van der Waals surface area (Å²) in [6.07, 6.45) is 5.35. The van der Waals surface area contributed by atoms with Gasteiger partial charge in [-0.25, -0.2) is 4.79 Å². The number of amides is 1. The lowest BCUT2D eigenvalue weighted by atomic mass is 9.95. The molecule has 4 rings (SSSR count). The Labute approximate surface area is 224 Å². The molecule has 0 fully saturated rings. The van der Waals surface area contributed by atoms with Crippen LogP contribution >= 0.6 is 34.7 Å². The molecule has 0 saturated carbocycles. The first-order valence-electron chi connectivity index (χ1n) is 12.0. The van der Waals surface area contributed by atoms with Gasteiger partial charge in [0.2, 0.25) is 5.91 Å². The first kappa shape index (κ1) is 26.7. The van der Waals surface area contributed by atoms with Crippen LogP contribution in [0.4, 0.5) is 5.00 Å². The van der Waals surface area contributed by atoms with Crippen molar-refractivity contribution in [1.82, 2.24) is 24.5 Å². The van der Waals surface area contributed by atoms with E-state index in [9.17, 15) is 9.59 Å². The molecule has 3 aromatic heterocycles. The molecule has 0 bridgehead atoms. The van der Waals surface area contributed by atoms with Crippen LogP contribution in [0.2, 0.25) is 5.02 Å². The van der Waals surface area contributed by atoms with Crippen LogP contribution in [-0.2, 0) is 36.0 Å². The Morgan fingerprint density at radius 2 is 1.97 bits per heavy atom. The van der Waals surface area contributed by atoms with E-state index in [1.54, 1.807) is 17.9 Å². The monoisotopic (exact) mass is 550 g/mol. The van der Waals surface area contributed by atoms with E-state index in [4.69, 9.17) is 16.3 Å². The SMILES string of the molecule is CC(C)Cn1c(SCC(=O)Nc2sc3c(c2C(=O)OC(C)C)CCCC3)nnc1-c1nn(C)cc1Cl. The van der Waals surface area contributed by atoms with Gasteiger partial charge in [-0.2, -0.15) is 5.10 Å². The minimum atomic E-state index is -0.374. The summed E-state index contributed by atoms with van der Waals surface area (Å²) in [5, 5.41) is 17.7. The molecule has 1 amide bonds.